The molecule has 10 N–H and O–H groups in total. The molecule has 0 fully saturated rings. The number of nitrogens with two attached hydrogens (primary N) is 4. The lowest BCUT2D eigenvalue weighted by Gasteiger charge is -2.06. The number of amidine groups is 1. The van der Waals surface area contributed by atoms with E-state index in [0.717, 1.165) is 70.0 Å². The molecule has 0 atom stereocenters. The summed E-state index contributed by atoms with van der Waals surface area (Å²) in [6, 6.07) is 7.89. The van der Waals surface area contributed by atoms with Crippen LogP contribution < -0.4 is 28.3 Å². The summed E-state index contributed by atoms with van der Waals surface area (Å²) >= 11 is 0. The summed E-state index contributed by atoms with van der Waals surface area (Å²) in [7, 11) is 0. The molecule has 0 spiro atoms. The standard InChI is InChI=1S/C21H38N8/c22-19(23)18-12-10-17(11-13-18)9-5-4-8-16-29-21(26)28-15-7-3-1-2-6-14-27-20(24)25/h10-13H,1-9,14-16H2,(H3,22,23)(H4,24,25,27)(H3,26,28,29). The van der Waals surface area contributed by atoms with Gasteiger partial charge in [0.1, 0.15) is 5.84 Å². The maximum absolute atomic E-state index is 7.40. The van der Waals surface area contributed by atoms with Gasteiger partial charge in [0.15, 0.2) is 11.9 Å². The largest absolute Gasteiger partial charge is 0.384 e. The summed E-state index contributed by atoms with van der Waals surface area (Å²) in [5.74, 6) is 0.821. The average molecular weight is 403 g/mol. The van der Waals surface area contributed by atoms with E-state index in [0.29, 0.717) is 12.5 Å². The molecule has 0 aliphatic carbocycles. The zero-order valence-electron chi connectivity index (χ0n) is 17.5. The molecular formula is C21H38N8. The van der Waals surface area contributed by atoms with Crippen LogP contribution in [0.25, 0.3) is 0 Å². The van der Waals surface area contributed by atoms with Gasteiger partial charge in [0.2, 0.25) is 0 Å². The molecule has 0 unspecified atom stereocenters. The minimum atomic E-state index is 0.111. The van der Waals surface area contributed by atoms with Gasteiger partial charge < -0.3 is 28.3 Å². The number of nitrogens with one attached hydrogen (secondary N) is 2. The summed E-state index contributed by atoms with van der Waals surface area (Å²) in [4.78, 5) is 8.35. The number of hydrogen-bond donors (Lipinski definition) is 6. The van der Waals surface area contributed by atoms with Gasteiger partial charge in [-0.25, -0.2) is 0 Å². The molecule has 0 saturated heterocycles. The van der Waals surface area contributed by atoms with Gasteiger partial charge in [-0.3, -0.25) is 15.4 Å². The Morgan fingerprint density at radius 1 is 0.759 bits per heavy atom. The monoisotopic (exact) mass is 402 g/mol. The van der Waals surface area contributed by atoms with Crippen molar-refractivity contribution in [1.82, 2.24) is 5.32 Å². The summed E-state index contributed by atoms with van der Waals surface area (Å²) in [5, 5.41) is 10.6. The van der Waals surface area contributed by atoms with E-state index in [9.17, 15) is 0 Å². The highest BCUT2D eigenvalue weighted by molar-refractivity contribution is 5.94. The van der Waals surface area contributed by atoms with Crippen molar-refractivity contribution in [1.29, 1.82) is 5.41 Å². The van der Waals surface area contributed by atoms with Gasteiger partial charge in [-0.1, -0.05) is 49.9 Å². The first-order valence-electron chi connectivity index (χ1n) is 10.5. The number of guanidine groups is 2. The Kier molecular flexibility index (Phi) is 12.7. The van der Waals surface area contributed by atoms with Crippen LogP contribution in [0.4, 0.5) is 0 Å². The predicted octanol–water partition coefficient (Wildman–Crippen LogP) is 1.81. The SMILES string of the molecule is N=C(N)c1ccc(CCCCCN=C(N)NCCCCCCCN=C(N)N)cc1. The van der Waals surface area contributed by atoms with Gasteiger partial charge in [0, 0.05) is 25.2 Å². The molecule has 8 heteroatoms. The summed E-state index contributed by atoms with van der Waals surface area (Å²) < 4.78 is 0. The number of nitrogens with zero attached hydrogens (tertiary/aromatic N) is 2. The van der Waals surface area contributed by atoms with Crippen LogP contribution in [-0.4, -0.2) is 37.4 Å². The van der Waals surface area contributed by atoms with Crippen LogP contribution >= 0.6 is 0 Å². The van der Waals surface area contributed by atoms with Gasteiger partial charge in [0.05, 0.1) is 0 Å². The summed E-state index contributed by atoms with van der Waals surface area (Å²) in [6.07, 6.45) is 9.88. The number of aliphatic imine (C=N–C) groups is 2. The van der Waals surface area contributed by atoms with E-state index >= 15 is 0 Å². The molecule has 0 aliphatic rings. The lowest BCUT2D eigenvalue weighted by Crippen LogP contribution is -2.32. The number of unbranched alkanes of at least 4 members (excludes halogenated alkanes) is 6. The molecule has 29 heavy (non-hydrogen) atoms. The molecule has 162 valence electrons. The third-order valence-corrected chi connectivity index (χ3v) is 4.61. The van der Waals surface area contributed by atoms with E-state index in [1.54, 1.807) is 0 Å². The average Bonchev–Trinajstić information content (AvgIpc) is 2.69. The Morgan fingerprint density at radius 2 is 1.34 bits per heavy atom. The third kappa shape index (κ3) is 13.1. The maximum atomic E-state index is 7.40. The first-order chi connectivity index (χ1) is 14.0. The minimum absolute atomic E-state index is 0.111. The molecule has 0 aliphatic heterocycles. The highest BCUT2D eigenvalue weighted by atomic mass is 15.1. The maximum Gasteiger partial charge on any atom is 0.188 e. The fraction of sp³-hybridized carbons (Fsp3) is 0.571. The lowest BCUT2D eigenvalue weighted by molar-refractivity contribution is 0.611. The van der Waals surface area contributed by atoms with Gasteiger partial charge in [-0.15, -0.1) is 0 Å². The van der Waals surface area contributed by atoms with E-state index in [4.69, 9.17) is 28.3 Å². The number of nitrogen functional groups attached to an aromatic ring is 1. The molecule has 1 aromatic carbocycles. The first kappa shape index (κ1) is 24.3. The Hall–Kier alpha value is -2.77. The quantitative estimate of drug-likeness (QED) is 0.149. The molecule has 1 rings (SSSR count). The molecule has 0 saturated carbocycles. The fourth-order valence-corrected chi connectivity index (χ4v) is 2.92. The van der Waals surface area contributed by atoms with E-state index in [1.165, 1.54) is 12.0 Å². The number of rotatable bonds is 15. The van der Waals surface area contributed by atoms with Crippen molar-refractivity contribution in [2.75, 3.05) is 19.6 Å². The molecule has 0 amide bonds. The highest BCUT2D eigenvalue weighted by Gasteiger charge is 1.98. The van der Waals surface area contributed by atoms with Crippen molar-refractivity contribution >= 4 is 17.8 Å². The van der Waals surface area contributed by atoms with Crippen LogP contribution in [0.2, 0.25) is 0 Å². The van der Waals surface area contributed by atoms with E-state index in [-0.39, 0.29) is 11.8 Å². The molecule has 0 bridgehead atoms. The van der Waals surface area contributed by atoms with Crippen molar-refractivity contribution in [3.63, 3.8) is 0 Å². The fourth-order valence-electron chi connectivity index (χ4n) is 2.92. The van der Waals surface area contributed by atoms with E-state index < -0.39 is 0 Å². The Balaban J connectivity index is 1.97. The second-order valence-corrected chi connectivity index (χ2v) is 7.19. The molecular weight excluding hydrogens is 364 g/mol. The molecule has 1 aromatic rings. The second kappa shape index (κ2) is 15.2. The molecule has 0 radical (unpaired) electrons. The Morgan fingerprint density at radius 3 is 2.00 bits per heavy atom. The highest BCUT2D eigenvalue weighted by Crippen LogP contribution is 2.09. The molecule has 8 nitrogen and oxygen atoms in total. The van der Waals surface area contributed by atoms with E-state index in [1.807, 2.05) is 24.3 Å². The topological polar surface area (TPSA) is 165 Å². The molecule has 0 aromatic heterocycles. The van der Waals surface area contributed by atoms with Gasteiger partial charge >= 0.3 is 0 Å². The second-order valence-electron chi connectivity index (χ2n) is 7.19. The van der Waals surface area contributed by atoms with Crippen LogP contribution in [0.3, 0.4) is 0 Å². The van der Waals surface area contributed by atoms with Crippen LogP contribution in [0.15, 0.2) is 34.3 Å². The van der Waals surface area contributed by atoms with Crippen molar-refractivity contribution in [3.05, 3.63) is 35.4 Å². The van der Waals surface area contributed by atoms with E-state index in [2.05, 4.69) is 15.3 Å². The number of aryl methyl sites for hydroxylation is 1. The van der Waals surface area contributed by atoms with Crippen LogP contribution in [0.5, 0.6) is 0 Å². The van der Waals surface area contributed by atoms with Crippen molar-refractivity contribution in [2.24, 2.45) is 32.9 Å². The normalized spacial score (nSPS) is 11.2. The van der Waals surface area contributed by atoms with Gasteiger partial charge in [0.25, 0.3) is 0 Å². The predicted molar refractivity (Wildman–Crippen MR) is 123 cm³/mol. The minimum Gasteiger partial charge on any atom is -0.384 e. The molecule has 0 heterocycles. The number of hydrogen-bond acceptors (Lipinski definition) is 3. The van der Waals surface area contributed by atoms with Gasteiger partial charge in [-0.05, 0) is 37.7 Å². The Labute approximate surface area is 174 Å². The van der Waals surface area contributed by atoms with Crippen molar-refractivity contribution in [2.45, 2.75) is 57.8 Å². The van der Waals surface area contributed by atoms with Crippen LogP contribution in [-0.2, 0) is 6.42 Å². The summed E-state index contributed by atoms with van der Waals surface area (Å²) in [5.41, 5.74) is 24.0. The Bertz CT molecular complexity index is 633. The van der Waals surface area contributed by atoms with Crippen molar-refractivity contribution in [3.8, 4) is 0 Å². The van der Waals surface area contributed by atoms with Crippen molar-refractivity contribution < 1.29 is 0 Å². The zero-order chi connectivity index (χ0) is 21.3. The third-order valence-electron chi connectivity index (χ3n) is 4.61. The first-order valence-corrected chi connectivity index (χ1v) is 10.5. The van der Waals surface area contributed by atoms with Crippen LogP contribution in [0.1, 0.15) is 62.5 Å². The summed E-state index contributed by atoms with van der Waals surface area (Å²) in [6.45, 7) is 2.33. The lowest BCUT2D eigenvalue weighted by atomic mass is 10.0. The van der Waals surface area contributed by atoms with Gasteiger partial charge in [-0.2, -0.15) is 0 Å². The van der Waals surface area contributed by atoms with Crippen LogP contribution in [0, 0.1) is 5.41 Å². The number of benzene rings is 1. The smallest absolute Gasteiger partial charge is 0.188 e. The zero-order valence-corrected chi connectivity index (χ0v) is 17.5.